The van der Waals surface area contributed by atoms with Gasteiger partial charge in [-0.15, -0.1) is 0 Å². The van der Waals surface area contributed by atoms with Crippen molar-refractivity contribution < 1.29 is 9.53 Å². The highest BCUT2D eigenvalue weighted by Crippen LogP contribution is 2.17. The molecule has 6 nitrogen and oxygen atoms in total. The number of carbonyl (C=O) groups excluding carboxylic acids is 1. The van der Waals surface area contributed by atoms with E-state index in [2.05, 4.69) is 10.2 Å². The summed E-state index contributed by atoms with van der Waals surface area (Å²) in [5.41, 5.74) is 7.29. The number of H-pyrrole nitrogens is 1. The molecule has 0 saturated carbocycles. The fourth-order valence-corrected chi connectivity index (χ4v) is 1.90. The minimum atomic E-state index is -0.117. The molecule has 94 valence electrons. The summed E-state index contributed by atoms with van der Waals surface area (Å²) < 4.78 is 5.53. The van der Waals surface area contributed by atoms with E-state index in [1.807, 2.05) is 6.92 Å². The fraction of sp³-hybridized carbons (Fsp3) is 0.636. The van der Waals surface area contributed by atoms with E-state index in [0.717, 1.165) is 12.1 Å². The van der Waals surface area contributed by atoms with E-state index in [4.69, 9.17) is 10.5 Å². The van der Waals surface area contributed by atoms with Gasteiger partial charge in [0.05, 0.1) is 24.1 Å². The van der Waals surface area contributed by atoms with Gasteiger partial charge in [-0.25, -0.2) is 0 Å². The SMILES string of the molecule is CCC1CN(C(=O)c2n[nH]c(C)c2N)CCO1. The largest absolute Gasteiger partial charge is 0.395 e. The second-order valence-electron chi connectivity index (χ2n) is 4.26. The van der Waals surface area contributed by atoms with Gasteiger partial charge < -0.3 is 15.4 Å². The summed E-state index contributed by atoms with van der Waals surface area (Å²) in [6.07, 6.45) is 1.02. The molecule has 1 saturated heterocycles. The molecule has 1 aromatic heterocycles. The predicted octanol–water partition coefficient (Wildman–Crippen LogP) is 0.551. The Bertz CT molecular complexity index is 416. The first-order valence-corrected chi connectivity index (χ1v) is 5.84. The predicted molar refractivity (Wildman–Crippen MR) is 63.7 cm³/mol. The van der Waals surface area contributed by atoms with Crippen molar-refractivity contribution in [1.29, 1.82) is 0 Å². The van der Waals surface area contributed by atoms with Crippen molar-refractivity contribution in [3.8, 4) is 0 Å². The van der Waals surface area contributed by atoms with E-state index in [0.29, 0.717) is 31.1 Å². The lowest BCUT2D eigenvalue weighted by Crippen LogP contribution is -2.45. The van der Waals surface area contributed by atoms with Crippen LogP contribution in [0.4, 0.5) is 5.69 Å². The maximum atomic E-state index is 12.2. The molecule has 1 atom stereocenters. The minimum absolute atomic E-state index is 0.117. The van der Waals surface area contributed by atoms with Crippen LogP contribution in [0.3, 0.4) is 0 Å². The lowest BCUT2D eigenvalue weighted by atomic mass is 10.2. The molecule has 1 aromatic rings. The molecule has 0 aromatic carbocycles. The van der Waals surface area contributed by atoms with Crippen LogP contribution in [0.1, 0.15) is 29.5 Å². The standard InChI is InChI=1S/C11H18N4O2/c1-3-8-6-15(4-5-17-8)11(16)10-9(12)7(2)13-14-10/h8H,3-6,12H2,1-2H3,(H,13,14). The molecule has 6 heteroatoms. The van der Waals surface area contributed by atoms with Crippen molar-refractivity contribution >= 4 is 11.6 Å². The fourth-order valence-electron chi connectivity index (χ4n) is 1.90. The van der Waals surface area contributed by atoms with E-state index >= 15 is 0 Å². The van der Waals surface area contributed by atoms with Crippen LogP contribution in [0, 0.1) is 6.92 Å². The van der Waals surface area contributed by atoms with E-state index < -0.39 is 0 Å². The van der Waals surface area contributed by atoms with Crippen molar-refractivity contribution in [2.45, 2.75) is 26.4 Å². The summed E-state index contributed by atoms with van der Waals surface area (Å²) in [7, 11) is 0. The van der Waals surface area contributed by atoms with Gasteiger partial charge >= 0.3 is 0 Å². The average molecular weight is 238 g/mol. The maximum Gasteiger partial charge on any atom is 0.276 e. The molecule has 0 bridgehead atoms. The number of nitrogens with one attached hydrogen (secondary N) is 1. The molecule has 2 heterocycles. The Labute approximate surface area is 100 Å². The van der Waals surface area contributed by atoms with Gasteiger partial charge in [-0.1, -0.05) is 6.92 Å². The Balaban J connectivity index is 2.12. The van der Waals surface area contributed by atoms with Crippen molar-refractivity contribution in [3.05, 3.63) is 11.4 Å². The summed E-state index contributed by atoms with van der Waals surface area (Å²) in [4.78, 5) is 14.0. The summed E-state index contributed by atoms with van der Waals surface area (Å²) in [5.74, 6) is -0.117. The Morgan fingerprint density at radius 2 is 2.47 bits per heavy atom. The zero-order valence-electron chi connectivity index (χ0n) is 10.2. The van der Waals surface area contributed by atoms with Crippen LogP contribution < -0.4 is 5.73 Å². The highest BCUT2D eigenvalue weighted by molar-refractivity contribution is 5.97. The molecule has 0 spiro atoms. The molecule has 1 amide bonds. The smallest absolute Gasteiger partial charge is 0.276 e. The number of hydrogen-bond donors (Lipinski definition) is 2. The number of ether oxygens (including phenoxy) is 1. The van der Waals surface area contributed by atoms with Crippen LogP contribution in [-0.2, 0) is 4.74 Å². The van der Waals surface area contributed by atoms with Crippen LogP contribution in [-0.4, -0.2) is 46.8 Å². The third kappa shape index (κ3) is 2.26. The Kier molecular flexibility index (Phi) is 3.33. The molecular weight excluding hydrogens is 220 g/mol. The minimum Gasteiger partial charge on any atom is -0.395 e. The van der Waals surface area contributed by atoms with Crippen LogP contribution in [0.15, 0.2) is 0 Å². The molecule has 0 radical (unpaired) electrons. The van der Waals surface area contributed by atoms with Crippen molar-refractivity contribution in [2.24, 2.45) is 0 Å². The van der Waals surface area contributed by atoms with Crippen LogP contribution in [0.5, 0.6) is 0 Å². The third-order valence-electron chi connectivity index (χ3n) is 3.08. The molecule has 1 unspecified atom stereocenters. The zero-order valence-corrected chi connectivity index (χ0v) is 10.2. The van der Waals surface area contributed by atoms with Crippen LogP contribution >= 0.6 is 0 Å². The van der Waals surface area contributed by atoms with Gasteiger partial charge in [-0.3, -0.25) is 9.89 Å². The number of nitrogens with two attached hydrogens (primary N) is 1. The number of aryl methyl sites for hydroxylation is 1. The Morgan fingerprint density at radius 3 is 3.06 bits per heavy atom. The number of rotatable bonds is 2. The molecule has 17 heavy (non-hydrogen) atoms. The normalized spacial score (nSPS) is 20.6. The number of morpholine rings is 1. The maximum absolute atomic E-state index is 12.2. The lowest BCUT2D eigenvalue weighted by Gasteiger charge is -2.32. The van der Waals surface area contributed by atoms with Gasteiger partial charge in [0.25, 0.3) is 5.91 Å². The molecule has 0 aliphatic carbocycles. The van der Waals surface area contributed by atoms with Gasteiger partial charge in [0.15, 0.2) is 5.69 Å². The van der Waals surface area contributed by atoms with Crippen molar-refractivity contribution in [1.82, 2.24) is 15.1 Å². The van der Waals surface area contributed by atoms with E-state index in [1.165, 1.54) is 0 Å². The highest BCUT2D eigenvalue weighted by atomic mass is 16.5. The first kappa shape index (κ1) is 11.9. The Hall–Kier alpha value is -1.56. The molecule has 2 rings (SSSR count). The van der Waals surface area contributed by atoms with E-state index in [-0.39, 0.29) is 12.0 Å². The van der Waals surface area contributed by atoms with E-state index in [1.54, 1.807) is 11.8 Å². The second kappa shape index (κ2) is 4.75. The van der Waals surface area contributed by atoms with Gasteiger partial charge in [0.2, 0.25) is 0 Å². The summed E-state index contributed by atoms with van der Waals surface area (Å²) in [6, 6.07) is 0. The number of aromatic amines is 1. The number of amides is 1. The average Bonchev–Trinajstić information content (AvgIpc) is 2.69. The topological polar surface area (TPSA) is 84.2 Å². The second-order valence-corrected chi connectivity index (χ2v) is 4.26. The Morgan fingerprint density at radius 1 is 1.71 bits per heavy atom. The first-order valence-electron chi connectivity index (χ1n) is 5.84. The number of carbonyl (C=O) groups is 1. The molecule has 3 N–H and O–H groups in total. The number of anilines is 1. The lowest BCUT2D eigenvalue weighted by molar-refractivity contribution is -0.0227. The summed E-state index contributed by atoms with van der Waals surface area (Å²) >= 11 is 0. The van der Waals surface area contributed by atoms with Crippen molar-refractivity contribution in [2.75, 3.05) is 25.4 Å². The number of aromatic nitrogens is 2. The van der Waals surface area contributed by atoms with Crippen LogP contribution in [0.2, 0.25) is 0 Å². The molecule has 1 aliphatic rings. The third-order valence-corrected chi connectivity index (χ3v) is 3.08. The molecular formula is C11H18N4O2. The number of hydrogen-bond acceptors (Lipinski definition) is 4. The van der Waals surface area contributed by atoms with Gasteiger partial charge in [0, 0.05) is 13.1 Å². The first-order chi connectivity index (χ1) is 8.13. The number of nitrogens with zero attached hydrogens (tertiary/aromatic N) is 2. The zero-order chi connectivity index (χ0) is 12.4. The van der Waals surface area contributed by atoms with Gasteiger partial charge in [-0.2, -0.15) is 5.10 Å². The molecule has 1 aliphatic heterocycles. The summed E-state index contributed by atoms with van der Waals surface area (Å²) in [5, 5.41) is 6.69. The highest BCUT2D eigenvalue weighted by Gasteiger charge is 2.27. The van der Waals surface area contributed by atoms with Gasteiger partial charge in [-0.05, 0) is 13.3 Å². The van der Waals surface area contributed by atoms with Crippen molar-refractivity contribution in [3.63, 3.8) is 0 Å². The summed E-state index contributed by atoms with van der Waals surface area (Å²) in [6.45, 7) is 5.63. The number of nitrogen functional groups attached to an aromatic ring is 1. The molecule has 1 fully saturated rings. The van der Waals surface area contributed by atoms with E-state index in [9.17, 15) is 4.79 Å². The quantitative estimate of drug-likeness (QED) is 0.788. The van der Waals surface area contributed by atoms with Crippen LogP contribution in [0.25, 0.3) is 0 Å². The monoisotopic (exact) mass is 238 g/mol. The van der Waals surface area contributed by atoms with Gasteiger partial charge in [0.1, 0.15) is 0 Å².